The van der Waals surface area contributed by atoms with E-state index in [1.807, 2.05) is 7.05 Å². The highest BCUT2D eigenvalue weighted by Gasteiger charge is 2.31. The predicted molar refractivity (Wildman–Crippen MR) is 116 cm³/mol. The van der Waals surface area contributed by atoms with Crippen molar-refractivity contribution in [3.63, 3.8) is 0 Å². The summed E-state index contributed by atoms with van der Waals surface area (Å²) < 4.78 is 10.7. The molecule has 3 heterocycles. The standard InChI is InChI=1S/C18H35N5O2.HI/c1-19-18(20-14-16-4-3-6-21(16)8-11-24-2)23-7-5-17(15-23)22-9-12-25-13-10-22;/h16-17H,3-15H2,1-2H3,(H,19,20);1H. The van der Waals surface area contributed by atoms with Crippen LogP contribution in [0.3, 0.4) is 0 Å². The Balaban J connectivity index is 0.00000243. The van der Waals surface area contributed by atoms with Crippen molar-refractivity contribution in [1.82, 2.24) is 20.0 Å². The average molecular weight is 481 g/mol. The van der Waals surface area contributed by atoms with Gasteiger partial charge in [-0.05, 0) is 25.8 Å². The fraction of sp³-hybridized carbons (Fsp3) is 0.944. The summed E-state index contributed by atoms with van der Waals surface area (Å²) in [6, 6.07) is 1.25. The normalized spacial score (nSPS) is 28.4. The van der Waals surface area contributed by atoms with Gasteiger partial charge >= 0.3 is 0 Å². The third-order valence-corrected chi connectivity index (χ3v) is 5.81. The molecule has 26 heavy (non-hydrogen) atoms. The Kier molecular flexibility index (Phi) is 9.90. The van der Waals surface area contributed by atoms with Gasteiger partial charge in [0, 0.05) is 65.5 Å². The summed E-state index contributed by atoms with van der Waals surface area (Å²) in [7, 11) is 3.69. The number of nitrogens with zero attached hydrogens (tertiary/aromatic N) is 4. The molecule has 3 aliphatic rings. The summed E-state index contributed by atoms with van der Waals surface area (Å²) in [6.45, 7) is 10.1. The maximum atomic E-state index is 5.48. The van der Waals surface area contributed by atoms with E-state index in [0.29, 0.717) is 12.1 Å². The van der Waals surface area contributed by atoms with E-state index < -0.39 is 0 Å². The van der Waals surface area contributed by atoms with Gasteiger partial charge in [0.15, 0.2) is 5.96 Å². The van der Waals surface area contributed by atoms with Gasteiger partial charge in [0.05, 0.1) is 19.8 Å². The molecule has 8 heteroatoms. The number of rotatable bonds is 6. The minimum absolute atomic E-state index is 0. The van der Waals surface area contributed by atoms with Crippen LogP contribution in [0.25, 0.3) is 0 Å². The fourth-order valence-electron chi connectivity index (χ4n) is 4.35. The zero-order chi connectivity index (χ0) is 17.5. The lowest BCUT2D eigenvalue weighted by molar-refractivity contribution is 0.0195. The van der Waals surface area contributed by atoms with Crippen LogP contribution < -0.4 is 5.32 Å². The molecule has 3 aliphatic heterocycles. The largest absolute Gasteiger partial charge is 0.383 e. The van der Waals surface area contributed by atoms with Crippen LogP contribution in [0.5, 0.6) is 0 Å². The number of methoxy groups -OCH3 is 1. The van der Waals surface area contributed by atoms with Crippen LogP contribution in [0, 0.1) is 0 Å². The highest BCUT2D eigenvalue weighted by Crippen LogP contribution is 2.18. The number of hydrogen-bond acceptors (Lipinski definition) is 5. The first kappa shape index (κ1) is 22.1. The molecule has 0 amide bonds. The van der Waals surface area contributed by atoms with Gasteiger partial charge in [0.2, 0.25) is 0 Å². The smallest absolute Gasteiger partial charge is 0.193 e. The van der Waals surface area contributed by atoms with Gasteiger partial charge < -0.3 is 19.7 Å². The Morgan fingerprint density at radius 2 is 2.00 bits per heavy atom. The maximum Gasteiger partial charge on any atom is 0.193 e. The predicted octanol–water partition coefficient (Wildman–Crippen LogP) is 0.697. The summed E-state index contributed by atoms with van der Waals surface area (Å²) in [4.78, 5) is 12.1. The summed E-state index contributed by atoms with van der Waals surface area (Å²) in [5.41, 5.74) is 0. The molecule has 3 saturated heterocycles. The molecule has 2 unspecified atom stereocenters. The molecule has 1 N–H and O–H groups in total. The van der Waals surface area contributed by atoms with E-state index >= 15 is 0 Å². The van der Waals surface area contributed by atoms with E-state index in [-0.39, 0.29) is 24.0 Å². The van der Waals surface area contributed by atoms with Crippen molar-refractivity contribution in [3.05, 3.63) is 0 Å². The molecule has 0 saturated carbocycles. The van der Waals surface area contributed by atoms with Crippen molar-refractivity contribution in [3.8, 4) is 0 Å². The van der Waals surface area contributed by atoms with Crippen molar-refractivity contribution in [1.29, 1.82) is 0 Å². The minimum atomic E-state index is 0. The van der Waals surface area contributed by atoms with Crippen LogP contribution in [0.1, 0.15) is 19.3 Å². The van der Waals surface area contributed by atoms with Crippen LogP contribution in [0.4, 0.5) is 0 Å². The first-order chi connectivity index (χ1) is 12.3. The second-order valence-corrected chi connectivity index (χ2v) is 7.29. The molecular formula is C18H36IN5O2. The minimum Gasteiger partial charge on any atom is -0.383 e. The van der Waals surface area contributed by atoms with Crippen LogP contribution in [0.15, 0.2) is 4.99 Å². The second-order valence-electron chi connectivity index (χ2n) is 7.29. The lowest BCUT2D eigenvalue weighted by atomic mass is 10.2. The van der Waals surface area contributed by atoms with Crippen LogP contribution in [-0.4, -0.2) is 113 Å². The molecular weight excluding hydrogens is 445 g/mol. The molecule has 2 atom stereocenters. The lowest BCUT2D eigenvalue weighted by Crippen LogP contribution is -2.48. The Morgan fingerprint density at radius 3 is 2.73 bits per heavy atom. The van der Waals surface area contributed by atoms with Gasteiger partial charge in [-0.15, -0.1) is 24.0 Å². The zero-order valence-corrected chi connectivity index (χ0v) is 18.7. The van der Waals surface area contributed by atoms with Gasteiger partial charge in [-0.1, -0.05) is 0 Å². The van der Waals surface area contributed by atoms with E-state index in [4.69, 9.17) is 9.47 Å². The topological polar surface area (TPSA) is 52.6 Å². The first-order valence-electron chi connectivity index (χ1n) is 9.82. The molecule has 0 aromatic heterocycles. The van der Waals surface area contributed by atoms with Crippen molar-refractivity contribution in [2.24, 2.45) is 4.99 Å². The average Bonchev–Trinajstić information content (AvgIpc) is 3.31. The van der Waals surface area contributed by atoms with Crippen LogP contribution in [-0.2, 0) is 9.47 Å². The Morgan fingerprint density at radius 1 is 1.19 bits per heavy atom. The van der Waals surface area contributed by atoms with Gasteiger partial charge in [-0.25, -0.2) is 0 Å². The summed E-state index contributed by atoms with van der Waals surface area (Å²) >= 11 is 0. The monoisotopic (exact) mass is 481 g/mol. The Hall–Kier alpha value is -0.160. The molecule has 3 fully saturated rings. The van der Waals surface area contributed by atoms with Crippen molar-refractivity contribution in [2.75, 3.05) is 79.8 Å². The van der Waals surface area contributed by atoms with Crippen molar-refractivity contribution >= 4 is 29.9 Å². The molecule has 0 aromatic carbocycles. The number of ether oxygens (including phenoxy) is 2. The summed E-state index contributed by atoms with van der Waals surface area (Å²) in [6.07, 6.45) is 3.78. The molecule has 0 bridgehead atoms. The van der Waals surface area contributed by atoms with Crippen molar-refractivity contribution in [2.45, 2.75) is 31.3 Å². The Bertz CT molecular complexity index is 434. The number of morpholine rings is 1. The molecule has 3 rings (SSSR count). The maximum absolute atomic E-state index is 5.48. The number of halogens is 1. The number of nitrogens with one attached hydrogen (secondary N) is 1. The highest BCUT2D eigenvalue weighted by atomic mass is 127. The second kappa shape index (κ2) is 11.6. The third kappa shape index (κ3) is 5.92. The van der Waals surface area contributed by atoms with E-state index in [2.05, 4.69) is 25.0 Å². The molecule has 152 valence electrons. The highest BCUT2D eigenvalue weighted by molar-refractivity contribution is 14.0. The van der Waals surface area contributed by atoms with Crippen molar-refractivity contribution < 1.29 is 9.47 Å². The summed E-state index contributed by atoms with van der Waals surface area (Å²) in [5, 5.41) is 3.63. The third-order valence-electron chi connectivity index (χ3n) is 5.81. The van der Waals surface area contributed by atoms with Gasteiger partial charge in [0.1, 0.15) is 0 Å². The lowest BCUT2D eigenvalue weighted by Gasteiger charge is -2.32. The quantitative estimate of drug-likeness (QED) is 0.343. The van der Waals surface area contributed by atoms with Gasteiger partial charge in [-0.2, -0.15) is 0 Å². The molecule has 0 aromatic rings. The first-order valence-corrected chi connectivity index (χ1v) is 9.82. The fourth-order valence-corrected chi connectivity index (χ4v) is 4.35. The molecule has 0 radical (unpaired) electrons. The van der Waals surface area contributed by atoms with Crippen LogP contribution >= 0.6 is 24.0 Å². The number of guanidine groups is 1. The van der Waals surface area contributed by atoms with E-state index in [9.17, 15) is 0 Å². The van der Waals surface area contributed by atoms with Gasteiger partial charge in [-0.3, -0.25) is 14.8 Å². The summed E-state index contributed by atoms with van der Waals surface area (Å²) in [5.74, 6) is 1.06. The number of aliphatic imine (C=N–C) groups is 1. The zero-order valence-electron chi connectivity index (χ0n) is 16.4. The molecule has 0 spiro atoms. The number of likely N-dealkylation sites (tertiary alicyclic amines) is 2. The van der Waals surface area contributed by atoms with Crippen LogP contribution in [0.2, 0.25) is 0 Å². The number of hydrogen-bond donors (Lipinski definition) is 1. The SMILES string of the molecule is CN=C(NCC1CCCN1CCOC)N1CCC(N2CCOCC2)C1.I. The van der Waals surface area contributed by atoms with E-state index in [1.165, 1.54) is 25.8 Å². The molecule has 0 aliphatic carbocycles. The van der Waals surface area contributed by atoms with Gasteiger partial charge in [0.25, 0.3) is 0 Å². The van der Waals surface area contributed by atoms with E-state index in [1.54, 1.807) is 7.11 Å². The Labute approximate surface area is 175 Å². The van der Waals surface area contributed by atoms with E-state index in [0.717, 1.165) is 65.0 Å². The molecule has 7 nitrogen and oxygen atoms in total.